The van der Waals surface area contributed by atoms with Crippen molar-refractivity contribution in [3.05, 3.63) is 28.8 Å². The van der Waals surface area contributed by atoms with Crippen molar-refractivity contribution in [3.63, 3.8) is 0 Å². The second kappa shape index (κ2) is 9.29. The zero-order valence-electron chi connectivity index (χ0n) is 16.9. The third-order valence-electron chi connectivity index (χ3n) is 5.65. The van der Waals surface area contributed by atoms with Crippen LogP contribution in [0.1, 0.15) is 51.5 Å². The van der Waals surface area contributed by atoms with Crippen molar-refractivity contribution < 1.29 is 9.53 Å². The van der Waals surface area contributed by atoms with E-state index in [-0.39, 0.29) is 12.0 Å². The third-order valence-corrected chi connectivity index (χ3v) is 6.00. The number of hydrogen-bond acceptors (Lipinski definition) is 3. The molecule has 1 heterocycles. The Kier molecular flexibility index (Phi) is 7.04. The van der Waals surface area contributed by atoms with Gasteiger partial charge in [-0.1, -0.05) is 31.5 Å². The third kappa shape index (κ3) is 5.86. The van der Waals surface area contributed by atoms with Gasteiger partial charge in [0.2, 0.25) is 5.91 Å². The van der Waals surface area contributed by atoms with Crippen LogP contribution in [0, 0.1) is 11.8 Å². The van der Waals surface area contributed by atoms with Crippen molar-refractivity contribution in [2.75, 3.05) is 26.7 Å². The summed E-state index contributed by atoms with van der Waals surface area (Å²) < 4.78 is 6.09. The summed E-state index contributed by atoms with van der Waals surface area (Å²) >= 11 is 6.48. The van der Waals surface area contributed by atoms with Crippen LogP contribution in [-0.2, 0) is 11.3 Å². The van der Waals surface area contributed by atoms with Gasteiger partial charge in [0.05, 0.1) is 6.10 Å². The van der Waals surface area contributed by atoms with Crippen LogP contribution in [0.3, 0.4) is 0 Å². The maximum absolute atomic E-state index is 12.1. The van der Waals surface area contributed by atoms with Crippen LogP contribution in [-0.4, -0.2) is 48.5 Å². The zero-order chi connectivity index (χ0) is 19.4. The minimum absolute atomic E-state index is 0.240. The van der Waals surface area contributed by atoms with Crippen molar-refractivity contribution in [1.29, 1.82) is 0 Å². The molecule has 2 fully saturated rings. The predicted octanol–water partition coefficient (Wildman–Crippen LogP) is 4.60. The molecule has 2 aliphatic rings. The number of nitrogens with zero attached hydrogens (tertiary/aromatic N) is 2. The molecule has 0 N–H and O–H groups in total. The molecule has 0 atom stereocenters. The summed E-state index contributed by atoms with van der Waals surface area (Å²) in [4.78, 5) is 16.4. The minimum Gasteiger partial charge on any atom is -0.490 e. The highest BCUT2D eigenvalue weighted by molar-refractivity contribution is 6.31. The lowest BCUT2D eigenvalue weighted by Gasteiger charge is -2.37. The molecule has 0 aromatic heterocycles. The average molecular weight is 393 g/mol. The first kappa shape index (κ1) is 20.5. The number of hydrogen-bond donors (Lipinski definition) is 0. The molecule has 1 saturated carbocycles. The molecular weight excluding hydrogens is 360 g/mol. The number of halogens is 1. The van der Waals surface area contributed by atoms with E-state index in [1.54, 1.807) is 0 Å². The smallest absolute Gasteiger partial charge is 0.222 e. The van der Waals surface area contributed by atoms with Gasteiger partial charge in [-0.15, -0.1) is 0 Å². The average Bonchev–Trinajstić information content (AvgIpc) is 3.07. The second-order valence-electron chi connectivity index (χ2n) is 8.69. The number of benzene rings is 1. The van der Waals surface area contributed by atoms with Gasteiger partial charge in [0.15, 0.2) is 0 Å². The van der Waals surface area contributed by atoms with Crippen LogP contribution < -0.4 is 4.74 Å². The molecule has 1 aromatic carbocycles. The van der Waals surface area contributed by atoms with Crippen LogP contribution in [0.25, 0.3) is 0 Å². The second-order valence-corrected chi connectivity index (χ2v) is 9.09. The molecule has 150 valence electrons. The number of amides is 1. The van der Waals surface area contributed by atoms with Crippen molar-refractivity contribution in [2.45, 2.75) is 58.6 Å². The fourth-order valence-corrected chi connectivity index (χ4v) is 4.25. The molecule has 27 heavy (non-hydrogen) atoms. The van der Waals surface area contributed by atoms with E-state index in [2.05, 4.69) is 24.8 Å². The van der Waals surface area contributed by atoms with E-state index in [1.807, 2.05) is 24.1 Å². The molecule has 0 radical (unpaired) electrons. The zero-order valence-corrected chi connectivity index (χ0v) is 17.7. The van der Waals surface area contributed by atoms with E-state index in [0.29, 0.717) is 18.3 Å². The van der Waals surface area contributed by atoms with Gasteiger partial charge < -0.3 is 9.64 Å². The number of ether oxygens (including phenoxy) is 1. The lowest BCUT2D eigenvalue weighted by Crippen LogP contribution is -2.42. The van der Waals surface area contributed by atoms with Crippen LogP contribution >= 0.6 is 11.6 Å². The SMILES string of the molecule is CC(C)CC(=O)N(C)CC1CC(Oc2ccc(CN3CCCC3)c(Cl)c2)C1. The fraction of sp³-hybridized carbons (Fsp3) is 0.682. The highest BCUT2D eigenvalue weighted by Gasteiger charge is 2.32. The lowest BCUT2D eigenvalue weighted by atomic mass is 9.82. The number of likely N-dealkylation sites (tertiary alicyclic amines) is 1. The Hall–Kier alpha value is -1.26. The van der Waals surface area contributed by atoms with E-state index in [1.165, 1.54) is 31.5 Å². The Morgan fingerprint density at radius 2 is 2.00 bits per heavy atom. The largest absolute Gasteiger partial charge is 0.490 e. The molecular formula is C22H33ClN2O2. The van der Waals surface area contributed by atoms with Gasteiger partial charge in [-0.2, -0.15) is 0 Å². The van der Waals surface area contributed by atoms with E-state index in [4.69, 9.17) is 16.3 Å². The van der Waals surface area contributed by atoms with Gasteiger partial charge >= 0.3 is 0 Å². The first-order valence-electron chi connectivity index (χ1n) is 10.3. The predicted molar refractivity (Wildman–Crippen MR) is 110 cm³/mol. The van der Waals surface area contributed by atoms with E-state index >= 15 is 0 Å². The Morgan fingerprint density at radius 3 is 2.63 bits per heavy atom. The molecule has 0 bridgehead atoms. The minimum atomic E-state index is 0.240. The maximum atomic E-state index is 12.1. The highest BCUT2D eigenvalue weighted by Crippen LogP contribution is 2.33. The summed E-state index contributed by atoms with van der Waals surface area (Å²) in [5, 5.41) is 0.800. The summed E-state index contributed by atoms with van der Waals surface area (Å²) in [5.41, 5.74) is 1.18. The number of rotatable bonds is 8. The summed E-state index contributed by atoms with van der Waals surface area (Å²) in [6, 6.07) is 6.10. The lowest BCUT2D eigenvalue weighted by molar-refractivity contribution is -0.132. The molecule has 1 saturated heterocycles. The first-order valence-corrected chi connectivity index (χ1v) is 10.7. The van der Waals surface area contributed by atoms with Gasteiger partial charge in [-0.3, -0.25) is 9.69 Å². The number of carbonyl (C=O) groups is 1. The monoisotopic (exact) mass is 392 g/mol. The Balaban J connectivity index is 1.42. The van der Waals surface area contributed by atoms with Crippen LogP contribution in [0.5, 0.6) is 5.75 Å². The van der Waals surface area contributed by atoms with Gasteiger partial charge in [-0.05, 0) is 68.3 Å². The molecule has 1 aliphatic carbocycles. The normalized spacial score (nSPS) is 22.7. The standard InChI is InChI=1S/C22H33ClN2O2/c1-16(2)10-22(26)24(3)14-17-11-20(12-17)27-19-7-6-18(21(23)13-19)15-25-8-4-5-9-25/h6-7,13,16-17,20H,4-5,8-12,14-15H2,1-3H3. The van der Waals surface area contributed by atoms with Gasteiger partial charge in [-0.25, -0.2) is 0 Å². The molecule has 1 aromatic rings. The topological polar surface area (TPSA) is 32.8 Å². The van der Waals surface area contributed by atoms with Crippen LogP contribution in [0.2, 0.25) is 5.02 Å². The summed E-state index contributed by atoms with van der Waals surface area (Å²) in [5.74, 6) is 2.06. The van der Waals surface area contributed by atoms with Crippen molar-refractivity contribution >= 4 is 17.5 Å². The Labute approximate surface area is 168 Å². The molecule has 0 unspecified atom stereocenters. The van der Waals surface area contributed by atoms with Crippen molar-refractivity contribution in [2.24, 2.45) is 11.8 Å². The summed E-state index contributed by atoms with van der Waals surface area (Å²) in [7, 11) is 1.91. The molecule has 1 amide bonds. The molecule has 5 heteroatoms. The fourth-order valence-electron chi connectivity index (χ4n) is 4.02. The van der Waals surface area contributed by atoms with E-state index in [9.17, 15) is 4.79 Å². The van der Waals surface area contributed by atoms with Gasteiger partial charge in [0.25, 0.3) is 0 Å². The number of carbonyl (C=O) groups excluding carboxylic acids is 1. The summed E-state index contributed by atoms with van der Waals surface area (Å²) in [6.07, 6.45) is 5.47. The van der Waals surface area contributed by atoms with Gasteiger partial charge in [0.1, 0.15) is 5.75 Å². The quantitative estimate of drug-likeness (QED) is 0.648. The molecule has 1 aliphatic heterocycles. The Morgan fingerprint density at radius 1 is 1.30 bits per heavy atom. The van der Waals surface area contributed by atoms with Crippen molar-refractivity contribution in [1.82, 2.24) is 9.80 Å². The van der Waals surface area contributed by atoms with Crippen LogP contribution in [0.4, 0.5) is 0 Å². The van der Waals surface area contributed by atoms with Crippen molar-refractivity contribution in [3.8, 4) is 5.75 Å². The van der Waals surface area contributed by atoms with E-state index < -0.39 is 0 Å². The van der Waals surface area contributed by atoms with Gasteiger partial charge in [0, 0.05) is 31.6 Å². The van der Waals surface area contributed by atoms with Crippen LogP contribution in [0.15, 0.2) is 18.2 Å². The highest BCUT2D eigenvalue weighted by atomic mass is 35.5. The van der Waals surface area contributed by atoms with E-state index in [0.717, 1.165) is 36.7 Å². The summed E-state index contributed by atoms with van der Waals surface area (Å²) in [6.45, 7) is 8.28. The first-order chi connectivity index (χ1) is 12.9. The molecule has 4 nitrogen and oxygen atoms in total. The molecule has 0 spiro atoms. The molecule has 3 rings (SSSR count). The Bertz CT molecular complexity index is 637. The maximum Gasteiger partial charge on any atom is 0.222 e.